The van der Waals surface area contributed by atoms with Crippen LogP contribution in [-0.4, -0.2) is 6.61 Å². The van der Waals surface area contributed by atoms with E-state index in [0.29, 0.717) is 0 Å². The van der Waals surface area contributed by atoms with Crippen LogP contribution in [0.3, 0.4) is 0 Å². The van der Waals surface area contributed by atoms with E-state index in [-0.39, 0.29) is 5.60 Å². The Balaban J connectivity index is 2.31. The van der Waals surface area contributed by atoms with Crippen LogP contribution in [-0.2, 0) is 10.3 Å². The van der Waals surface area contributed by atoms with Crippen LogP contribution in [0.25, 0.3) is 0 Å². The average molecular weight is 188 g/mol. The first-order chi connectivity index (χ1) is 6.87. The Bertz CT molecular complexity index is 296. The summed E-state index contributed by atoms with van der Waals surface area (Å²) < 4.78 is 5.90. The second-order valence-electron chi connectivity index (χ2n) is 3.81. The molecule has 1 aromatic carbocycles. The smallest absolute Gasteiger partial charge is 0.0966 e. The molecule has 1 heteroatoms. The highest BCUT2D eigenvalue weighted by atomic mass is 16.5. The van der Waals surface area contributed by atoms with Gasteiger partial charge in [0, 0.05) is 6.61 Å². The quantitative estimate of drug-likeness (QED) is 0.661. The zero-order valence-corrected chi connectivity index (χ0v) is 8.41. The third-order valence-electron chi connectivity index (χ3n) is 2.88. The minimum absolute atomic E-state index is 0.0803. The van der Waals surface area contributed by atoms with E-state index < -0.39 is 0 Å². The van der Waals surface area contributed by atoms with E-state index in [1.54, 1.807) is 0 Å². The third kappa shape index (κ3) is 1.60. The van der Waals surface area contributed by atoms with Crippen LogP contribution < -0.4 is 0 Å². The molecule has 2 rings (SSSR count). The Morgan fingerprint density at radius 2 is 2.14 bits per heavy atom. The van der Waals surface area contributed by atoms with Crippen LogP contribution >= 0.6 is 0 Å². The normalized spacial score (nSPS) is 26.3. The van der Waals surface area contributed by atoms with Crippen molar-refractivity contribution in [3.05, 3.63) is 48.6 Å². The van der Waals surface area contributed by atoms with Gasteiger partial charge >= 0.3 is 0 Å². The first kappa shape index (κ1) is 9.47. The highest BCUT2D eigenvalue weighted by Gasteiger charge is 2.35. The van der Waals surface area contributed by atoms with Crippen LogP contribution in [0.1, 0.15) is 24.8 Å². The molecule has 0 aliphatic carbocycles. The molecule has 1 heterocycles. The van der Waals surface area contributed by atoms with E-state index in [9.17, 15) is 0 Å². The van der Waals surface area contributed by atoms with Crippen LogP contribution in [0.5, 0.6) is 0 Å². The van der Waals surface area contributed by atoms with E-state index in [0.717, 1.165) is 25.9 Å². The van der Waals surface area contributed by atoms with Gasteiger partial charge in [0.15, 0.2) is 0 Å². The van der Waals surface area contributed by atoms with Gasteiger partial charge in [0.2, 0.25) is 0 Å². The minimum atomic E-state index is -0.0803. The molecular formula is C13H16O. The van der Waals surface area contributed by atoms with Gasteiger partial charge in [0.1, 0.15) is 0 Å². The zero-order chi connectivity index (χ0) is 9.86. The number of hydrogen-bond acceptors (Lipinski definition) is 1. The van der Waals surface area contributed by atoms with Gasteiger partial charge in [-0.1, -0.05) is 36.4 Å². The second kappa shape index (κ2) is 3.97. The summed E-state index contributed by atoms with van der Waals surface area (Å²) in [5.74, 6) is 0. The van der Waals surface area contributed by atoms with Crippen molar-refractivity contribution in [1.82, 2.24) is 0 Å². The van der Waals surface area contributed by atoms with Crippen molar-refractivity contribution < 1.29 is 4.74 Å². The van der Waals surface area contributed by atoms with E-state index >= 15 is 0 Å². The average Bonchev–Trinajstić information content (AvgIpc) is 2.70. The largest absolute Gasteiger partial charge is 0.370 e. The number of rotatable bonds is 3. The molecule has 0 aromatic heterocycles. The molecule has 0 radical (unpaired) electrons. The summed E-state index contributed by atoms with van der Waals surface area (Å²) in [5.41, 5.74) is 1.21. The molecule has 1 nitrogen and oxygen atoms in total. The summed E-state index contributed by atoms with van der Waals surface area (Å²) in [4.78, 5) is 0. The van der Waals surface area contributed by atoms with Crippen molar-refractivity contribution in [1.29, 1.82) is 0 Å². The van der Waals surface area contributed by atoms with Crippen LogP contribution in [0.2, 0.25) is 0 Å². The summed E-state index contributed by atoms with van der Waals surface area (Å²) in [6.45, 7) is 4.69. The standard InChI is InChI=1S/C13H16O/c1-2-9-13(10-6-11-14-13)12-7-4-3-5-8-12/h2-5,7-8H,1,6,9-11H2. The molecule has 0 N–H and O–H groups in total. The van der Waals surface area contributed by atoms with E-state index in [2.05, 4.69) is 30.8 Å². The Labute approximate surface area is 85.4 Å². The van der Waals surface area contributed by atoms with Crippen molar-refractivity contribution in [2.24, 2.45) is 0 Å². The molecule has 1 saturated heterocycles. The van der Waals surface area contributed by atoms with Gasteiger partial charge in [-0.2, -0.15) is 0 Å². The molecule has 1 unspecified atom stereocenters. The Morgan fingerprint density at radius 1 is 1.36 bits per heavy atom. The summed E-state index contributed by atoms with van der Waals surface area (Å²) >= 11 is 0. The highest BCUT2D eigenvalue weighted by Crippen LogP contribution is 2.39. The lowest BCUT2D eigenvalue weighted by molar-refractivity contribution is 0.00270. The van der Waals surface area contributed by atoms with Gasteiger partial charge in [-0.05, 0) is 24.8 Å². The number of hydrogen-bond donors (Lipinski definition) is 0. The van der Waals surface area contributed by atoms with Crippen molar-refractivity contribution in [3.63, 3.8) is 0 Å². The maximum absolute atomic E-state index is 5.90. The molecule has 74 valence electrons. The van der Waals surface area contributed by atoms with Crippen molar-refractivity contribution >= 4 is 0 Å². The van der Waals surface area contributed by atoms with Gasteiger partial charge in [0.25, 0.3) is 0 Å². The van der Waals surface area contributed by atoms with E-state index in [1.807, 2.05) is 12.1 Å². The fourth-order valence-corrected chi connectivity index (χ4v) is 2.18. The van der Waals surface area contributed by atoms with Gasteiger partial charge in [-0.15, -0.1) is 6.58 Å². The molecule has 14 heavy (non-hydrogen) atoms. The number of benzene rings is 1. The van der Waals surface area contributed by atoms with Gasteiger partial charge in [0.05, 0.1) is 5.60 Å². The van der Waals surface area contributed by atoms with Crippen LogP contribution in [0.4, 0.5) is 0 Å². The monoisotopic (exact) mass is 188 g/mol. The van der Waals surface area contributed by atoms with Crippen molar-refractivity contribution in [2.45, 2.75) is 24.9 Å². The molecule has 1 fully saturated rings. The van der Waals surface area contributed by atoms with Gasteiger partial charge < -0.3 is 4.74 Å². The lowest BCUT2D eigenvalue weighted by Crippen LogP contribution is -2.23. The second-order valence-corrected chi connectivity index (χ2v) is 3.81. The Kier molecular flexibility index (Phi) is 2.69. The molecule has 0 amide bonds. The topological polar surface area (TPSA) is 9.23 Å². The summed E-state index contributed by atoms with van der Waals surface area (Å²) in [7, 11) is 0. The molecule has 1 atom stereocenters. The van der Waals surface area contributed by atoms with E-state index in [4.69, 9.17) is 4.74 Å². The van der Waals surface area contributed by atoms with E-state index in [1.165, 1.54) is 5.56 Å². The SMILES string of the molecule is C=CCC1(c2ccccc2)CCCO1. The Hall–Kier alpha value is -1.08. The predicted octanol–water partition coefficient (Wildman–Crippen LogP) is 3.27. The van der Waals surface area contributed by atoms with Gasteiger partial charge in [-0.25, -0.2) is 0 Å². The summed E-state index contributed by atoms with van der Waals surface area (Å²) in [6, 6.07) is 10.5. The first-order valence-corrected chi connectivity index (χ1v) is 5.18. The predicted molar refractivity (Wildman–Crippen MR) is 58.1 cm³/mol. The number of ether oxygens (including phenoxy) is 1. The fourth-order valence-electron chi connectivity index (χ4n) is 2.18. The molecule has 0 spiro atoms. The molecular weight excluding hydrogens is 172 g/mol. The van der Waals surface area contributed by atoms with Crippen LogP contribution in [0.15, 0.2) is 43.0 Å². The van der Waals surface area contributed by atoms with Gasteiger partial charge in [-0.3, -0.25) is 0 Å². The minimum Gasteiger partial charge on any atom is -0.370 e. The lowest BCUT2D eigenvalue weighted by atomic mass is 9.88. The highest BCUT2D eigenvalue weighted by molar-refractivity contribution is 5.24. The first-order valence-electron chi connectivity index (χ1n) is 5.18. The summed E-state index contributed by atoms with van der Waals surface area (Å²) in [5, 5.41) is 0. The summed E-state index contributed by atoms with van der Waals surface area (Å²) in [6.07, 6.45) is 5.14. The molecule has 1 aliphatic rings. The zero-order valence-electron chi connectivity index (χ0n) is 8.41. The molecule has 1 aliphatic heterocycles. The molecule has 1 aromatic rings. The van der Waals surface area contributed by atoms with Crippen LogP contribution in [0, 0.1) is 0 Å². The molecule has 0 saturated carbocycles. The maximum atomic E-state index is 5.90. The molecule has 0 bridgehead atoms. The Morgan fingerprint density at radius 3 is 2.71 bits per heavy atom. The lowest BCUT2D eigenvalue weighted by Gasteiger charge is -2.27. The van der Waals surface area contributed by atoms with Crippen molar-refractivity contribution in [2.75, 3.05) is 6.61 Å². The maximum Gasteiger partial charge on any atom is 0.0966 e. The third-order valence-corrected chi connectivity index (χ3v) is 2.88. The fraction of sp³-hybridized carbons (Fsp3) is 0.385. The van der Waals surface area contributed by atoms with Crippen molar-refractivity contribution in [3.8, 4) is 0 Å².